The second kappa shape index (κ2) is 15.7. The van der Waals surface area contributed by atoms with Gasteiger partial charge in [-0.05, 0) is 85.3 Å². The fourth-order valence-electron chi connectivity index (χ4n) is 9.26. The smallest absolute Gasteiger partial charge is 0.160 e. The molecule has 0 amide bonds. The van der Waals surface area contributed by atoms with Crippen molar-refractivity contribution >= 4 is 33.4 Å². The fraction of sp³-hybridized carbons (Fsp3) is 0.0339. The number of fused-ring (bicyclic) bond motifs is 7. The number of aromatic nitrogens is 3. The van der Waals surface area contributed by atoms with Crippen molar-refractivity contribution in [2.24, 2.45) is 0 Å². The van der Waals surface area contributed by atoms with Crippen LogP contribution in [0.4, 0.5) is 0 Å². The molecule has 4 heteroatoms. The van der Waals surface area contributed by atoms with Crippen LogP contribution >= 0.6 is 11.8 Å². The molecule has 63 heavy (non-hydrogen) atoms. The van der Waals surface area contributed by atoms with E-state index in [-0.39, 0.29) is 0 Å². The first-order valence-electron chi connectivity index (χ1n) is 21.5. The molecule has 0 saturated carbocycles. The van der Waals surface area contributed by atoms with Crippen LogP contribution in [0.15, 0.2) is 228 Å². The number of rotatable bonds is 7. The molecule has 0 bridgehead atoms. The van der Waals surface area contributed by atoms with Gasteiger partial charge in [0.1, 0.15) is 0 Å². The van der Waals surface area contributed by atoms with Crippen LogP contribution in [0.1, 0.15) is 17.9 Å². The summed E-state index contributed by atoms with van der Waals surface area (Å²) in [5.41, 5.74) is 16.4. The largest absolute Gasteiger partial charge is 0.247 e. The highest BCUT2D eigenvalue weighted by Crippen LogP contribution is 2.57. The minimum absolute atomic E-state index is 0.344. The Morgan fingerprint density at radius 2 is 0.984 bits per heavy atom. The van der Waals surface area contributed by atoms with E-state index in [2.05, 4.69) is 212 Å². The van der Waals surface area contributed by atoms with Crippen molar-refractivity contribution in [3.63, 3.8) is 0 Å². The summed E-state index contributed by atoms with van der Waals surface area (Å²) in [5.74, 6) is 1.03. The Bertz CT molecular complexity index is 3330. The maximum Gasteiger partial charge on any atom is 0.160 e. The highest BCUT2D eigenvalue weighted by molar-refractivity contribution is 8.03. The van der Waals surface area contributed by atoms with Crippen LogP contribution in [-0.4, -0.2) is 15.0 Å². The molecule has 0 saturated heterocycles. The molecule has 10 aromatic rings. The summed E-state index contributed by atoms with van der Waals surface area (Å²) in [5, 5.41) is 3.81. The maximum absolute atomic E-state index is 5.46. The van der Waals surface area contributed by atoms with E-state index < -0.39 is 0 Å². The van der Waals surface area contributed by atoms with E-state index in [1.807, 2.05) is 17.8 Å². The third kappa shape index (κ3) is 6.86. The molecular weight excluding hydrogens is 783 g/mol. The van der Waals surface area contributed by atoms with Crippen molar-refractivity contribution in [3.8, 4) is 78.5 Å². The van der Waals surface area contributed by atoms with Gasteiger partial charge in [0.25, 0.3) is 0 Å². The molecule has 1 aliphatic heterocycles. The number of hydrogen-bond donors (Lipinski definition) is 0. The van der Waals surface area contributed by atoms with E-state index in [1.54, 1.807) is 0 Å². The minimum Gasteiger partial charge on any atom is -0.247 e. The molecule has 296 valence electrons. The first-order chi connectivity index (χ1) is 31.2. The van der Waals surface area contributed by atoms with E-state index in [1.165, 1.54) is 48.2 Å². The first kappa shape index (κ1) is 37.1. The Morgan fingerprint density at radius 1 is 0.429 bits per heavy atom. The van der Waals surface area contributed by atoms with Gasteiger partial charge >= 0.3 is 0 Å². The molecule has 12 rings (SSSR count). The number of allylic oxidation sites excluding steroid dienone is 4. The Balaban J connectivity index is 0.949. The van der Waals surface area contributed by atoms with Gasteiger partial charge in [0.2, 0.25) is 0 Å². The molecule has 2 aliphatic rings. The van der Waals surface area contributed by atoms with Crippen LogP contribution in [0, 0.1) is 0 Å². The van der Waals surface area contributed by atoms with Gasteiger partial charge in [0, 0.05) is 38.5 Å². The van der Waals surface area contributed by atoms with E-state index in [4.69, 9.17) is 15.0 Å². The van der Waals surface area contributed by atoms with Gasteiger partial charge in [-0.15, -0.1) is 0 Å². The van der Waals surface area contributed by atoms with Gasteiger partial charge in [-0.1, -0.05) is 206 Å². The van der Waals surface area contributed by atoms with Gasteiger partial charge < -0.3 is 0 Å². The van der Waals surface area contributed by atoms with E-state index in [9.17, 15) is 0 Å². The number of pyridine rings is 1. The summed E-state index contributed by atoms with van der Waals surface area (Å²) in [6.07, 6.45) is 7.82. The quantitative estimate of drug-likeness (QED) is 0.150. The highest BCUT2D eigenvalue weighted by Gasteiger charge is 2.34. The second-order valence-corrected chi connectivity index (χ2v) is 17.4. The van der Waals surface area contributed by atoms with Crippen LogP contribution in [-0.2, 0) is 0 Å². The van der Waals surface area contributed by atoms with Crippen LogP contribution in [0.3, 0.4) is 0 Å². The number of benzene rings is 8. The molecule has 0 fully saturated rings. The molecule has 1 unspecified atom stereocenters. The molecule has 0 N–H and O–H groups in total. The number of nitrogens with zero attached hydrogens (tertiary/aromatic N) is 3. The zero-order chi connectivity index (χ0) is 41.7. The summed E-state index contributed by atoms with van der Waals surface area (Å²) in [4.78, 5) is 18.6. The average molecular weight is 822 g/mol. The van der Waals surface area contributed by atoms with Crippen LogP contribution in [0.2, 0.25) is 0 Å². The van der Waals surface area contributed by atoms with Gasteiger partial charge in [0.05, 0.1) is 22.6 Å². The zero-order valence-corrected chi connectivity index (χ0v) is 35.1. The van der Waals surface area contributed by atoms with Crippen molar-refractivity contribution in [2.75, 3.05) is 0 Å². The van der Waals surface area contributed by atoms with Gasteiger partial charge in [-0.3, -0.25) is 0 Å². The molecule has 3 nitrogen and oxygen atoms in total. The van der Waals surface area contributed by atoms with Crippen molar-refractivity contribution < 1.29 is 0 Å². The zero-order valence-electron chi connectivity index (χ0n) is 34.3. The van der Waals surface area contributed by atoms with Gasteiger partial charge in [-0.25, -0.2) is 15.0 Å². The van der Waals surface area contributed by atoms with E-state index in [0.29, 0.717) is 11.7 Å². The Morgan fingerprint density at radius 3 is 1.70 bits per heavy atom. The lowest BCUT2D eigenvalue weighted by atomic mass is 9.87. The first-order valence-corrected chi connectivity index (χ1v) is 22.3. The topological polar surface area (TPSA) is 38.7 Å². The van der Waals surface area contributed by atoms with Crippen molar-refractivity contribution in [2.45, 2.75) is 17.2 Å². The predicted molar refractivity (Wildman–Crippen MR) is 263 cm³/mol. The number of hydrogen-bond acceptors (Lipinski definition) is 4. The summed E-state index contributed by atoms with van der Waals surface area (Å²) >= 11 is 1.90. The van der Waals surface area contributed by atoms with Gasteiger partial charge in [0.15, 0.2) is 5.82 Å². The Hall–Kier alpha value is -7.66. The summed E-state index contributed by atoms with van der Waals surface area (Å²) in [6.45, 7) is 0. The van der Waals surface area contributed by atoms with E-state index >= 15 is 0 Å². The fourth-order valence-corrected chi connectivity index (χ4v) is 10.6. The minimum atomic E-state index is 0.344. The molecule has 1 atom stereocenters. The normalized spacial score (nSPS) is 14.1. The summed E-state index contributed by atoms with van der Waals surface area (Å²) in [7, 11) is 0. The van der Waals surface area contributed by atoms with Crippen LogP contribution < -0.4 is 0 Å². The molecule has 2 aromatic heterocycles. The Kier molecular flexibility index (Phi) is 9.23. The van der Waals surface area contributed by atoms with Crippen LogP contribution in [0.5, 0.6) is 0 Å². The summed E-state index contributed by atoms with van der Waals surface area (Å²) < 4.78 is 0. The van der Waals surface area contributed by atoms with Crippen molar-refractivity contribution in [1.29, 1.82) is 0 Å². The second-order valence-electron chi connectivity index (χ2n) is 16.3. The monoisotopic (exact) mass is 821 g/mol. The lowest BCUT2D eigenvalue weighted by Crippen LogP contribution is -2.00. The van der Waals surface area contributed by atoms with Crippen LogP contribution in [0.25, 0.3) is 100 Å². The molecule has 1 aliphatic carbocycles. The van der Waals surface area contributed by atoms with Gasteiger partial charge in [-0.2, -0.15) is 0 Å². The van der Waals surface area contributed by atoms with E-state index in [0.717, 1.165) is 68.0 Å². The Labute approximate surface area is 371 Å². The maximum atomic E-state index is 5.46. The molecular formula is C59H39N3S. The lowest BCUT2D eigenvalue weighted by Gasteiger charge is -2.18. The standard InChI is InChI=1S/C59H39N3S/c1-3-13-38(14-4-1)40-25-29-43(30-26-40)52-37-53(62-59(61-52)44-31-27-41(28-32-44)39-15-5-2-6-16-39)47-20-11-18-45(35-47)46-19-12-21-48(36-46)57-58-56(50-23-9-10-24-54(50)63-58)55-49-22-8-7-17-42(49)33-34-51(55)60-57/h1-22,24-37,50H,23H2. The van der Waals surface area contributed by atoms with Crippen molar-refractivity contribution in [3.05, 3.63) is 229 Å². The number of thioether (sulfide) groups is 1. The molecule has 0 radical (unpaired) electrons. The molecule has 3 heterocycles. The summed E-state index contributed by atoms with van der Waals surface area (Å²) in [6, 6.07) is 71.2. The predicted octanol–water partition coefficient (Wildman–Crippen LogP) is 15.9. The molecule has 0 spiro atoms. The average Bonchev–Trinajstić information content (AvgIpc) is 3.76. The highest BCUT2D eigenvalue weighted by atomic mass is 32.2. The third-order valence-electron chi connectivity index (χ3n) is 12.4. The lowest BCUT2D eigenvalue weighted by molar-refractivity contribution is 0.845. The molecule has 8 aromatic carbocycles. The third-order valence-corrected chi connectivity index (χ3v) is 13.7. The SMILES string of the molecule is C1=CCC2C(=C1)Sc1c(-c3cccc(-c4cccc(-c5cc(-c6ccc(-c7ccccc7)cc6)nc(-c6ccc(-c7ccccc7)cc6)n5)c4)c3)nc3ccc4ccccc4c3c12. The van der Waals surface area contributed by atoms with Crippen molar-refractivity contribution in [1.82, 2.24) is 15.0 Å².